The number of hydrogen-bond donors (Lipinski definition) is 0. The molecule has 100 valence electrons. The minimum Gasteiger partial charge on any atom is -0.345 e. The van der Waals surface area contributed by atoms with Crippen molar-refractivity contribution in [2.24, 2.45) is 0 Å². The third-order valence-electron chi connectivity index (χ3n) is 2.90. The molecule has 0 saturated heterocycles. The molecule has 0 radical (unpaired) electrons. The van der Waals surface area contributed by atoms with Crippen LogP contribution in [-0.4, -0.2) is 12.0 Å². The van der Waals surface area contributed by atoms with E-state index in [2.05, 4.69) is 0 Å². The van der Waals surface area contributed by atoms with Crippen LogP contribution >= 0.6 is 0 Å². The summed E-state index contributed by atoms with van der Waals surface area (Å²) in [7, 11) is 1.73. The van der Waals surface area contributed by atoms with Crippen LogP contribution in [0.15, 0.2) is 42.5 Å². The van der Waals surface area contributed by atoms with Crippen LogP contribution in [0.1, 0.15) is 5.56 Å². The van der Waals surface area contributed by atoms with Crippen molar-refractivity contribution in [1.82, 2.24) is 0 Å². The lowest BCUT2D eigenvalue weighted by Crippen LogP contribution is -2.09. The fourth-order valence-electron chi connectivity index (χ4n) is 1.80. The number of halogens is 1. The largest absolute Gasteiger partial charge is 0.345 e. The third kappa shape index (κ3) is 2.57. The second-order valence-corrected chi connectivity index (χ2v) is 4.11. The standard InChI is InChI=1S/C14H10FN3O2/c1-17(12-4-2-11(15)3-5-12)13-6-7-14(18(19)20)10(8-13)9-16/h2-8H,1H3. The molecule has 0 saturated carbocycles. The van der Waals surface area contributed by atoms with E-state index in [1.807, 2.05) is 0 Å². The van der Waals surface area contributed by atoms with Gasteiger partial charge < -0.3 is 4.90 Å². The molecule has 0 atom stereocenters. The Labute approximate surface area is 114 Å². The number of nitrogens with zero attached hydrogens (tertiary/aromatic N) is 3. The first-order chi connectivity index (χ1) is 9.52. The molecule has 0 amide bonds. The molecule has 6 heteroatoms. The van der Waals surface area contributed by atoms with E-state index in [-0.39, 0.29) is 17.1 Å². The quantitative estimate of drug-likeness (QED) is 0.633. The van der Waals surface area contributed by atoms with Crippen LogP contribution in [0.25, 0.3) is 0 Å². The molecule has 2 aromatic rings. The Kier molecular flexibility index (Phi) is 3.62. The normalized spacial score (nSPS) is 9.85. The number of anilines is 2. The fraction of sp³-hybridized carbons (Fsp3) is 0.0714. The molecule has 0 unspecified atom stereocenters. The fourth-order valence-corrected chi connectivity index (χ4v) is 1.80. The Morgan fingerprint density at radius 2 is 1.80 bits per heavy atom. The van der Waals surface area contributed by atoms with Crippen molar-refractivity contribution in [2.45, 2.75) is 0 Å². The number of nitro benzene ring substituents is 1. The van der Waals surface area contributed by atoms with Crippen molar-refractivity contribution in [3.05, 3.63) is 64.0 Å². The number of benzene rings is 2. The summed E-state index contributed by atoms with van der Waals surface area (Å²) in [5, 5.41) is 19.7. The van der Waals surface area contributed by atoms with Crippen LogP contribution in [0.2, 0.25) is 0 Å². The molecule has 0 aliphatic carbocycles. The first-order valence-corrected chi connectivity index (χ1v) is 5.71. The lowest BCUT2D eigenvalue weighted by molar-refractivity contribution is -0.385. The molecule has 2 rings (SSSR count). The molecule has 0 aliphatic rings. The van der Waals surface area contributed by atoms with Crippen molar-refractivity contribution in [1.29, 1.82) is 5.26 Å². The average Bonchev–Trinajstić information content (AvgIpc) is 2.46. The molecule has 2 aromatic carbocycles. The lowest BCUT2D eigenvalue weighted by atomic mass is 10.1. The first-order valence-electron chi connectivity index (χ1n) is 5.71. The number of nitriles is 1. The van der Waals surface area contributed by atoms with Gasteiger partial charge in [-0.3, -0.25) is 10.1 Å². The molecule has 5 nitrogen and oxygen atoms in total. The van der Waals surface area contributed by atoms with E-state index >= 15 is 0 Å². The van der Waals surface area contributed by atoms with Crippen molar-refractivity contribution in [3.63, 3.8) is 0 Å². The molecule has 0 bridgehead atoms. The maximum atomic E-state index is 12.9. The highest BCUT2D eigenvalue weighted by Crippen LogP contribution is 2.28. The molecule has 0 aromatic heterocycles. The van der Waals surface area contributed by atoms with Gasteiger partial charge >= 0.3 is 0 Å². The van der Waals surface area contributed by atoms with Crippen LogP contribution in [0.3, 0.4) is 0 Å². The molecular formula is C14H10FN3O2. The molecule has 0 N–H and O–H groups in total. The van der Waals surface area contributed by atoms with Gasteiger partial charge in [0.1, 0.15) is 17.4 Å². The van der Waals surface area contributed by atoms with Crippen molar-refractivity contribution in [2.75, 3.05) is 11.9 Å². The Balaban J connectivity index is 2.41. The Hall–Kier alpha value is -2.94. The highest BCUT2D eigenvalue weighted by molar-refractivity contribution is 5.67. The van der Waals surface area contributed by atoms with E-state index in [1.54, 1.807) is 36.2 Å². The van der Waals surface area contributed by atoms with Gasteiger partial charge in [0, 0.05) is 24.5 Å². The summed E-state index contributed by atoms with van der Waals surface area (Å²) in [4.78, 5) is 11.9. The first kappa shape index (κ1) is 13.5. The minimum atomic E-state index is -0.597. The van der Waals surface area contributed by atoms with Crippen LogP contribution in [0.4, 0.5) is 21.5 Å². The van der Waals surface area contributed by atoms with Gasteiger partial charge in [0.25, 0.3) is 5.69 Å². The van der Waals surface area contributed by atoms with Gasteiger partial charge in [0.15, 0.2) is 0 Å². The molecule has 0 spiro atoms. The van der Waals surface area contributed by atoms with E-state index in [0.29, 0.717) is 11.4 Å². The summed E-state index contributed by atoms with van der Waals surface area (Å²) in [5.74, 6) is -0.344. The second kappa shape index (κ2) is 5.36. The Morgan fingerprint density at radius 1 is 1.20 bits per heavy atom. The van der Waals surface area contributed by atoms with Gasteiger partial charge in [-0.05, 0) is 36.4 Å². The minimum absolute atomic E-state index is 0.0125. The van der Waals surface area contributed by atoms with Crippen LogP contribution < -0.4 is 4.90 Å². The van der Waals surface area contributed by atoms with E-state index in [9.17, 15) is 14.5 Å². The zero-order valence-corrected chi connectivity index (χ0v) is 10.6. The van der Waals surface area contributed by atoms with E-state index in [0.717, 1.165) is 0 Å². The van der Waals surface area contributed by atoms with Crippen molar-refractivity contribution >= 4 is 17.1 Å². The van der Waals surface area contributed by atoms with Crippen molar-refractivity contribution < 1.29 is 9.31 Å². The predicted molar refractivity (Wildman–Crippen MR) is 72.3 cm³/mol. The number of nitro groups is 1. The Bertz CT molecular complexity index is 693. The van der Waals surface area contributed by atoms with E-state index < -0.39 is 4.92 Å². The second-order valence-electron chi connectivity index (χ2n) is 4.11. The lowest BCUT2D eigenvalue weighted by Gasteiger charge is -2.19. The Morgan fingerprint density at radius 3 is 2.35 bits per heavy atom. The van der Waals surface area contributed by atoms with Gasteiger partial charge in [-0.1, -0.05) is 0 Å². The van der Waals surface area contributed by atoms with E-state index in [1.165, 1.54) is 24.3 Å². The summed E-state index contributed by atoms with van der Waals surface area (Å²) in [5.41, 5.74) is 1.08. The zero-order chi connectivity index (χ0) is 14.7. The summed E-state index contributed by atoms with van der Waals surface area (Å²) in [6.45, 7) is 0. The topological polar surface area (TPSA) is 70.2 Å². The monoisotopic (exact) mass is 271 g/mol. The summed E-state index contributed by atoms with van der Waals surface area (Å²) in [6, 6.07) is 11.9. The smallest absolute Gasteiger partial charge is 0.287 e. The third-order valence-corrected chi connectivity index (χ3v) is 2.90. The zero-order valence-electron chi connectivity index (χ0n) is 10.6. The molecular weight excluding hydrogens is 261 g/mol. The van der Waals surface area contributed by atoms with Gasteiger partial charge in [0.2, 0.25) is 0 Å². The highest BCUT2D eigenvalue weighted by atomic mass is 19.1. The van der Waals surface area contributed by atoms with Crippen LogP contribution in [-0.2, 0) is 0 Å². The SMILES string of the molecule is CN(c1ccc(F)cc1)c1ccc([N+](=O)[O-])c(C#N)c1. The highest BCUT2D eigenvalue weighted by Gasteiger charge is 2.15. The van der Waals surface area contributed by atoms with Gasteiger partial charge in [-0.25, -0.2) is 4.39 Å². The average molecular weight is 271 g/mol. The van der Waals surface area contributed by atoms with Crippen molar-refractivity contribution in [3.8, 4) is 6.07 Å². The van der Waals surface area contributed by atoms with Gasteiger partial charge in [0.05, 0.1) is 4.92 Å². The number of rotatable bonds is 3. The van der Waals surface area contributed by atoms with Crippen LogP contribution in [0, 0.1) is 27.3 Å². The van der Waals surface area contributed by atoms with Gasteiger partial charge in [-0.2, -0.15) is 5.26 Å². The van der Waals surface area contributed by atoms with Gasteiger partial charge in [-0.15, -0.1) is 0 Å². The number of hydrogen-bond acceptors (Lipinski definition) is 4. The maximum Gasteiger partial charge on any atom is 0.287 e. The molecule has 0 fully saturated rings. The summed E-state index contributed by atoms with van der Waals surface area (Å²) in [6.07, 6.45) is 0. The predicted octanol–water partition coefficient (Wildman–Crippen LogP) is 3.37. The summed E-state index contributed by atoms with van der Waals surface area (Å²) >= 11 is 0. The van der Waals surface area contributed by atoms with E-state index in [4.69, 9.17) is 5.26 Å². The molecule has 20 heavy (non-hydrogen) atoms. The van der Waals surface area contributed by atoms with Crippen LogP contribution in [0.5, 0.6) is 0 Å². The maximum absolute atomic E-state index is 12.9. The molecule has 0 aliphatic heterocycles. The molecule has 0 heterocycles. The summed E-state index contributed by atoms with van der Waals surface area (Å²) < 4.78 is 12.9.